The van der Waals surface area contributed by atoms with Gasteiger partial charge in [-0.25, -0.2) is 4.79 Å². The second kappa shape index (κ2) is 4.71. The molecule has 0 N–H and O–H groups in total. The van der Waals surface area contributed by atoms with Crippen molar-refractivity contribution in [3.8, 4) is 0 Å². The van der Waals surface area contributed by atoms with Crippen LogP contribution in [0.1, 0.15) is 21.6 Å². The Morgan fingerprint density at radius 2 is 1.68 bits per heavy atom. The van der Waals surface area contributed by atoms with E-state index in [1.807, 2.05) is 0 Å². The second-order valence-electron chi connectivity index (χ2n) is 3.55. The van der Waals surface area contributed by atoms with Crippen molar-refractivity contribution in [2.45, 2.75) is 12.4 Å². The summed E-state index contributed by atoms with van der Waals surface area (Å²) in [7, 11) is 1.80. The van der Waals surface area contributed by atoms with E-state index in [9.17, 15) is 31.1 Å². The molecule has 0 bridgehead atoms. The average molecular weight is 288 g/mol. The van der Waals surface area contributed by atoms with Crippen molar-refractivity contribution in [1.82, 2.24) is 0 Å². The van der Waals surface area contributed by atoms with Crippen LogP contribution in [0.5, 0.6) is 0 Å². The topological polar surface area (TPSA) is 30.2 Å². The van der Waals surface area contributed by atoms with Crippen LogP contribution in [0.4, 0.5) is 26.3 Å². The Labute approximate surface area is 103 Å². The van der Waals surface area contributed by atoms with Gasteiger partial charge in [-0.3, -0.25) is 0 Å². The Morgan fingerprint density at radius 1 is 1.16 bits per heavy atom. The summed E-state index contributed by atoms with van der Waals surface area (Å²) in [4.78, 5) is 11.3. The van der Waals surface area contributed by atoms with E-state index in [0.717, 1.165) is 14.2 Å². The lowest BCUT2D eigenvalue weighted by molar-refractivity contribution is -0.675. The maximum absolute atomic E-state index is 12.8. The number of nitrogens with zero attached hydrogens (tertiary/aromatic N) is 1. The minimum atomic E-state index is -5.34. The number of pyridine rings is 1. The van der Waals surface area contributed by atoms with Gasteiger partial charge in [-0.1, -0.05) is 0 Å². The molecule has 0 atom stereocenters. The number of hydrogen-bond acceptors (Lipinski definition) is 2. The number of carbonyl (C=O) groups is 1. The molecule has 0 aromatic carbocycles. The van der Waals surface area contributed by atoms with Gasteiger partial charge in [0.2, 0.25) is 0 Å². The summed E-state index contributed by atoms with van der Waals surface area (Å²) < 4.78 is 80.9. The molecule has 0 radical (unpaired) electrons. The minimum Gasteiger partial charge on any atom is -0.461 e. The van der Waals surface area contributed by atoms with Crippen LogP contribution < -0.4 is 4.57 Å². The summed E-state index contributed by atoms with van der Waals surface area (Å²) in [5.74, 6) is -1.50. The summed E-state index contributed by atoms with van der Waals surface area (Å²) in [6.07, 6.45) is -9.86. The van der Waals surface area contributed by atoms with Crippen molar-refractivity contribution in [2.75, 3.05) is 7.11 Å². The first kappa shape index (κ1) is 15.3. The molecule has 0 aliphatic rings. The molecule has 3 nitrogen and oxygen atoms in total. The average Bonchev–Trinajstić information content (AvgIpc) is 2.24. The SMILES string of the molecule is COC(=O)c1c(C(F)(F)F)c(C(F)(F)F)cc[n+]1C. The zero-order chi connectivity index (χ0) is 15.0. The van der Waals surface area contributed by atoms with Gasteiger partial charge in [0.15, 0.2) is 6.20 Å². The molecule has 1 rings (SSSR count). The highest BCUT2D eigenvalue weighted by molar-refractivity contribution is 5.87. The molecular weight excluding hydrogens is 280 g/mol. The third-order valence-corrected chi connectivity index (χ3v) is 2.29. The van der Waals surface area contributed by atoms with Crippen LogP contribution >= 0.6 is 0 Å². The fourth-order valence-electron chi connectivity index (χ4n) is 1.51. The molecule has 19 heavy (non-hydrogen) atoms. The first-order chi connectivity index (χ1) is 8.50. The van der Waals surface area contributed by atoms with Crippen LogP contribution in [0.3, 0.4) is 0 Å². The second-order valence-corrected chi connectivity index (χ2v) is 3.55. The molecule has 0 aliphatic heterocycles. The molecule has 0 unspecified atom stereocenters. The monoisotopic (exact) mass is 288 g/mol. The van der Waals surface area contributed by atoms with Crippen molar-refractivity contribution in [3.63, 3.8) is 0 Å². The first-order valence-electron chi connectivity index (χ1n) is 4.75. The number of methoxy groups -OCH3 is 1. The van der Waals surface area contributed by atoms with Gasteiger partial charge < -0.3 is 4.74 Å². The predicted octanol–water partition coefficient (Wildman–Crippen LogP) is 2.34. The fraction of sp³-hybridized carbons (Fsp3) is 0.400. The lowest BCUT2D eigenvalue weighted by Gasteiger charge is -2.15. The zero-order valence-corrected chi connectivity index (χ0v) is 9.69. The van der Waals surface area contributed by atoms with Crippen molar-refractivity contribution < 1.29 is 40.4 Å². The van der Waals surface area contributed by atoms with E-state index in [0.29, 0.717) is 10.8 Å². The molecule has 0 fully saturated rings. The summed E-state index contributed by atoms with van der Waals surface area (Å²) in [6.45, 7) is 0. The summed E-state index contributed by atoms with van der Waals surface area (Å²) >= 11 is 0. The van der Waals surface area contributed by atoms with E-state index in [1.54, 1.807) is 0 Å². The van der Waals surface area contributed by atoms with Crippen molar-refractivity contribution >= 4 is 5.97 Å². The van der Waals surface area contributed by atoms with E-state index in [1.165, 1.54) is 0 Å². The van der Waals surface area contributed by atoms with Gasteiger partial charge in [0.1, 0.15) is 12.6 Å². The number of halogens is 6. The van der Waals surface area contributed by atoms with Gasteiger partial charge >= 0.3 is 24.0 Å². The quantitative estimate of drug-likeness (QED) is 0.451. The largest absolute Gasteiger partial charge is 0.461 e. The predicted molar refractivity (Wildman–Crippen MR) is 49.0 cm³/mol. The number of alkyl halides is 6. The summed E-state index contributed by atoms with van der Waals surface area (Å²) in [5.41, 5.74) is -5.19. The highest BCUT2D eigenvalue weighted by Gasteiger charge is 2.50. The Hall–Kier alpha value is -1.80. The van der Waals surface area contributed by atoms with Gasteiger partial charge in [0.05, 0.1) is 12.7 Å². The van der Waals surface area contributed by atoms with E-state index < -0.39 is 35.1 Å². The molecule has 1 aromatic rings. The Bertz CT molecular complexity index is 506. The van der Waals surface area contributed by atoms with E-state index in [4.69, 9.17) is 0 Å². The number of hydrogen-bond donors (Lipinski definition) is 0. The highest BCUT2D eigenvalue weighted by atomic mass is 19.4. The van der Waals surface area contributed by atoms with Gasteiger partial charge in [-0.2, -0.15) is 30.9 Å². The maximum atomic E-state index is 12.8. The van der Waals surface area contributed by atoms with Crippen LogP contribution in [0, 0.1) is 0 Å². The highest BCUT2D eigenvalue weighted by Crippen LogP contribution is 2.41. The molecule has 106 valence electrons. The van der Waals surface area contributed by atoms with E-state index in [2.05, 4.69) is 4.74 Å². The van der Waals surface area contributed by atoms with Crippen LogP contribution in [0.2, 0.25) is 0 Å². The van der Waals surface area contributed by atoms with Crippen LogP contribution in [-0.4, -0.2) is 13.1 Å². The molecule has 0 amide bonds. The van der Waals surface area contributed by atoms with Gasteiger partial charge in [-0.05, 0) is 0 Å². The number of carbonyl (C=O) groups excluding carboxylic acids is 1. The lowest BCUT2D eigenvalue weighted by atomic mass is 10.0. The van der Waals surface area contributed by atoms with Gasteiger partial charge in [0, 0.05) is 6.07 Å². The molecule has 1 heterocycles. The molecule has 0 saturated heterocycles. The fourth-order valence-corrected chi connectivity index (χ4v) is 1.51. The molecule has 0 saturated carbocycles. The van der Waals surface area contributed by atoms with Crippen LogP contribution in [-0.2, 0) is 24.1 Å². The normalized spacial score (nSPS) is 12.4. The van der Waals surface area contributed by atoms with Crippen LogP contribution in [0.15, 0.2) is 12.3 Å². The smallest absolute Gasteiger partial charge is 0.423 e. The number of esters is 1. The molecule has 0 spiro atoms. The lowest BCUT2D eigenvalue weighted by Crippen LogP contribution is -2.41. The Kier molecular flexibility index (Phi) is 3.78. The standard InChI is InChI=1S/C10H8F6NO2/c1-17-4-3-5(9(11,12)13)6(10(14,15)16)7(17)8(18)19-2/h3-4H,1-2H3/q+1. The molecule has 0 aliphatic carbocycles. The number of rotatable bonds is 1. The zero-order valence-electron chi connectivity index (χ0n) is 9.69. The van der Waals surface area contributed by atoms with Gasteiger partial charge in [0.25, 0.3) is 0 Å². The van der Waals surface area contributed by atoms with E-state index >= 15 is 0 Å². The molecule has 1 aromatic heterocycles. The summed E-state index contributed by atoms with van der Waals surface area (Å²) in [6, 6.07) is 0.259. The van der Waals surface area contributed by atoms with Crippen LogP contribution in [0.25, 0.3) is 0 Å². The van der Waals surface area contributed by atoms with E-state index in [-0.39, 0.29) is 6.07 Å². The Balaban J connectivity index is 3.76. The maximum Gasteiger partial charge on any atom is 0.423 e. The molecule has 9 heteroatoms. The van der Waals surface area contributed by atoms with Crippen molar-refractivity contribution in [3.05, 3.63) is 29.1 Å². The minimum absolute atomic E-state index is 0.259. The molecular formula is C10H8F6NO2+. The number of aryl methyl sites for hydroxylation is 1. The van der Waals surface area contributed by atoms with Crippen molar-refractivity contribution in [1.29, 1.82) is 0 Å². The van der Waals surface area contributed by atoms with Gasteiger partial charge in [-0.15, -0.1) is 0 Å². The number of aromatic nitrogens is 1. The number of ether oxygens (including phenoxy) is 1. The van der Waals surface area contributed by atoms with Crippen molar-refractivity contribution in [2.24, 2.45) is 7.05 Å². The third kappa shape index (κ3) is 2.96. The summed E-state index contributed by atoms with van der Waals surface area (Å²) in [5, 5.41) is 0. The first-order valence-corrected chi connectivity index (χ1v) is 4.75. The Morgan fingerprint density at radius 3 is 2.05 bits per heavy atom. The third-order valence-electron chi connectivity index (χ3n) is 2.29.